The van der Waals surface area contributed by atoms with E-state index in [1.54, 1.807) is 12.1 Å². The van der Waals surface area contributed by atoms with Crippen molar-refractivity contribution in [1.29, 1.82) is 0 Å². The molecule has 0 radical (unpaired) electrons. The van der Waals surface area contributed by atoms with E-state index in [4.69, 9.17) is 16.3 Å². The lowest BCUT2D eigenvalue weighted by molar-refractivity contribution is 0.00812. The maximum Gasteiger partial charge on any atom is 0.252 e. The Bertz CT molecular complexity index is 756. The number of carbonyl (C=O) groups is 1. The molecule has 1 aromatic carbocycles. The number of carbonyl (C=O) groups excluding carboxylic acids is 1. The molecule has 2 heterocycles. The van der Waals surface area contributed by atoms with Crippen LogP contribution in [-0.2, 0) is 4.74 Å². The van der Waals surface area contributed by atoms with Gasteiger partial charge in [-0.3, -0.25) is 9.78 Å². The second-order valence-corrected chi connectivity index (χ2v) is 6.59. The smallest absolute Gasteiger partial charge is 0.252 e. The van der Waals surface area contributed by atoms with Gasteiger partial charge in [0.05, 0.1) is 17.2 Å². The fourth-order valence-electron chi connectivity index (χ4n) is 3.53. The summed E-state index contributed by atoms with van der Waals surface area (Å²) in [5.41, 5.74) is 2.24. The highest BCUT2D eigenvalue weighted by molar-refractivity contribution is 6.31. The topological polar surface area (TPSA) is 51.2 Å². The molecule has 1 N–H and O–H groups in total. The number of rotatable bonds is 2. The Labute approximate surface area is 133 Å². The summed E-state index contributed by atoms with van der Waals surface area (Å²) in [6.07, 6.45) is 2.31. The molecule has 1 aromatic heterocycles. The summed E-state index contributed by atoms with van der Waals surface area (Å²) in [7, 11) is 0. The van der Waals surface area contributed by atoms with E-state index in [1.165, 1.54) is 0 Å². The predicted octanol–water partition coefficient (Wildman–Crippen LogP) is 3.10. The number of pyridine rings is 1. The molecule has 3 atom stereocenters. The van der Waals surface area contributed by atoms with Gasteiger partial charge >= 0.3 is 0 Å². The van der Waals surface area contributed by atoms with Crippen LogP contribution in [0.5, 0.6) is 0 Å². The van der Waals surface area contributed by atoms with Gasteiger partial charge < -0.3 is 10.1 Å². The summed E-state index contributed by atoms with van der Waals surface area (Å²) >= 11 is 6.03. The molecule has 1 saturated carbocycles. The Balaban J connectivity index is 1.64. The standard InChI is InChI=1S/C17H17ClN2O2/c1-9-6-13(11-3-2-10(18)7-14(11)19-9)17(21)20-15-8-16-12(15)4-5-22-16/h2-3,6-7,12,15-16H,4-5,8H2,1H3,(H,20,21). The number of hydrogen-bond acceptors (Lipinski definition) is 3. The van der Waals surface area contributed by atoms with Crippen LogP contribution in [-0.4, -0.2) is 29.6 Å². The van der Waals surface area contributed by atoms with Crippen molar-refractivity contribution < 1.29 is 9.53 Å². The SMILES string of the molecule is Cc1cc(C(=O)NC2CC3OCCC23)c2ccc(Cl)cc2n1. The van der Waals surface area contributed by atoms with Crippen molar-refractivity contribution in [1.82, 2.24) is 10.3 Å². The number of amides is 1. The first kappa shape index (κ1) is 14.0. The van der Waals surface area contributed by atoms with Crippen LogP contribution in [0.1, 0.15) is 28.9 Å². The summed E-state index contributed by atoms with van der Waals surface area (Å²) in [5.74, 6) is 0.445. The van der Waals surface area contributed by atoms with Crippen LogP contribution >= 0.6 is 11.6 Å². The van der Waals surface area contributed by atoms with Crippen molar-refractivity contribution in [3.63, 3.8) is 0 Å². The lowest BCUT2D eigenvalue weighted by Gasteiger charge is -2.39. The molecule has 0 spiro atoms. The second kappa shape index (κ2) is 5.21. The van der Waals surface area contributed by atoms with E-state index in [2.05, 4.69) is 10.3 Å². The molecule has 0 bridgehead atoms. The zero-order chi connectivity index (χ0) is 15.3. The third kappa shape index (κ3) is 2.27. The first-order chi connectivity index (χ1) is 10.6. The largest absolute Gasteiger partial charge is 0.378 e. The van der Waals surface area contributed by atoms with Gasteiger partial charge in [-0.2, -0.15) is 0 Å². The molecule has 1 aliphatic heterocycles. The van der Waals surface area contributed by atoms with Gasteiger partial charge in [0, 0.05) is 34.7 Å². The first-order valence-corrected chi connectivity index (χ1v) is 7.99. The molecule has 114 valence electrons. The number of nitrogens with zero attached hydrogens (tertiary/aromatic N) is 1. The second-order valence-electron chi connectivity index (χ2n) is 6.15. The number of nitrogens with one attached hydrogen (secondary N) is 1. The number of hydrogen-bond donors (Lipinski definition) is 1. The Morgan fingerprint density at radius 1 is 1.41 bits per heavy atom. The number of aromatic nitrogens is 1. The summed E-state index contributed by atoms with van der Waals surface area (Å²) in [5, 5.41) is 4.62. The molecule has 4 nitrogen and oxygen atoms in total. The van der Waals surface area contributed by atoms with Crippen LogP contribution in [0.15, 0.2) is 24.3 Å². The average Bonchev–Trinajstić information content (AvgIpc) is 2.84. The molecular weight excluding hydrogens is 300 g/mol. The summed E-state index contributed by atoms with van der Waals surface area (Å²) in [4.78, 5) is 17.1. The van der Waals surface area contributed by atoms with Crippen molar-refractivity contribution in [2.75, 3.05) is 6.61 Å². The molecule has 2 aliphatic rings. The van der Waals surface area contributed by atoms with Gasteiger partial charge in [-0.15, -0.1) is 0 Å². The van der Waals surface area contributed by atoms with Crippen LogP contribution in [0.4, 0.5) is 0 Å². The monoisotopic (exact) mass is 316 g/mol. The molecule has 2 aromatic rings. The van der Waals surface area contributed by atoms with Gasteiger partial charge in [-0.05, 0) is 38.0 Å². The van der Waals surface area contributed by atoms with Crippen LogP contribution in [0, 0.1) is 12.8 Å². The van der Waals surface area contributed by atoms with E-state index in [0.29, 0.717) is 22.6 Å². The van der Waals surface area contributed by atoms with E-state index in [9.17, 15) is 4.79 Å². The fraction of sp³-hybridized carbons (Fsp3) is 0.412. The first-order valence-electron chi connectivity index (χ1n) is 7.61. The fourth-order valence-corrected chi connectivity index (χ4v) is 3.70. The highest BCUT2D eigenvalue weighted by atomic mass is 35.5. The quantitative estimate of drug-likeness (QED) is 0.926. The van der Waals surface area contributed by atoms with Gasteiger partial charge in [0.25, 0.3) is 5.91 Å². The van der Waals surface area contributed by atoms with Crippen LogP contribution in [0.3, 0.4) is 0 Å². The zero-order valence-electron chi connectivity index (χ0n) is 12.3. The van der Waals surface area contributed by atoms with E-state index in [1.807, 2.05) is 19.1 Å². The molecule has 4 rings (SSSR count). The molecule has 1 saturated heterocycles. The van der Waals surface area contributed by atoms with Crippen molar-refractivity contribution in [2.45, 2.75) is 31.9 Å². The van der Waals surface area contributed by atoms with Gasteiger partial charge in [-0.25, -0.2) is 0 Å². The number of benzene rings is 1. The van der Waals surface area contributed by atoms with Crippen molar-refractivity contribution in [3.8, 4) is 0 Å². The minimum absolute atomic E-state index is 0.0341. The third-order valence-corrected chi connectivity index (χ3v) is 4.96. The zero-order valence-corrected chi connectivity index (χ0v) is 13.1. The third-order valence-electron chi connectivity index (χ3n) is 4.72. The van der Waals surface area contributed by atoms with Crippen LogP contribution < -0.4 is 5.32 Å². The van der Waals surface area contributed by atoms with Crippen molar-refractivity contribution in [3.05, 3.63) is 40.5 Å². The molecule has 2 fully saturated rings. The average molecular weight is 317 g/mol. The van der Waals surface area contributed by atoms with Crippen LogP contribution in [0.25, 0.3) is 10.9 Å². The lowest BCUT2D eigenvalue weighted by Crippen LogP contribution is -2.53. The Morgan fingerprint density at radius 2 is 2.27 bits per heavy atom. The molecule has 3 unspecified atom stereocenters. The number of halogens is 1. The molecule has 5 heteroatoms. The highest BCUT2D eigenvalue weighted by Gasteiger charge is 2.45. The van der Waals surface area contributed by atoms with Gasteiger partial charge in [0.2, 0.25) is 0 Å². The number of ether oxygens (including phenoxy) is 1. The minimum atomic E-state index is -0.0341. The predicted molar refractivity (Wildman–Crippen MR) is 85.2 cm³/mol. The van der Waals surface area contributed by atoms with E-state index in [0.717, 1.165) is 36.0 Å². The summed E-state index contributed by atoms with van der Waals surface area (Å²) in [6, 6.07) is 7.52. The lowest BCUT2D eigenvalue weighted by atomic mass is 9.76. The van der Waals surface area contributed by atoms with Gasteiger partial charge in [0.15, 0.2) is 0 Å². The van der Waals surface area contributed by atoms with Gasteiger partial charge in [-0.1, -0.05) is 17.7 Å². The normalized spacial score (nSPS) is 26.5. The molecule has 22 heavy (non-hydrogen) atoms. The maximum atomic E-state index is 12.7. The Kier molecular flexibility index (Phi) is 3.31. The molecular formula is C17H17ClN2O2. The van der Waals surface area contributed by atoms with E-state index < -0.39 is 0 Å². The maximum absolute atomic E-state index is 12.7. The van der Waals surface area contributed by atoms with Crippen molar-refractivity contribution >= 4 is 28.4 Å². The number of fused-ring (bicyclic) bond motifs is 2. The Hall–Kier alpha value is -1.65. The minimum Gasteiger partial charge on any atom is -0.378 e. The van der Waals surface area contributed by atoms with E-state index in [-0.39, 0.29) is 11.9 Å². The summed E-state index contributed by atoms with van der Waals surface area (Å²) < 4.78 is 5.60. The van der Waals surface area contributed by atoms with Gasteiger partial charge in [0.1, 0.15) is 0 Å². The van der Waals surface area contributed by atoms with Crippen molar-refractivity contribution in [2.24, 2.45) is 5.92 Å². The highest BCUT2D eigenvalue weighted by Crippen LogP contribution is 2.38. The molecule has 1 amide bonds. The Morgan fingerprint density at radius 3 is 3.09 bits per heavy atom. The number of aryl methyl sites for hydroxylation is 1. The van der Waals surface area contributed by atoms with Crippen LogP contribution in [0.2, 0.25) is 5.02 Å². The van der Waals surface area contributed by atoms with E-state index >= 15 is 0 Å². The summed E-state index contributed by atoms with van der Waals surface area (Å²) in [6.45, 7) is 2.71. The molecule has 1 aliphatic carbocycles.